The van der Waals surface area contributed by atoms with Crippen molar-refractivity contribution in [1.82, 2.24) is 4.90 Å². The predicted molar refractivity (Wildman–Crippen MR) is 78.0 cm³/mol. The minimum atomic E-state index is -0.886. The van der Waals surface area contributed by atoms with Crippen LogP contribution in [0.25, 0.3) is 0 Å². The van der Waals surface area contributed by atoms with E-state index in [9.17, 15) is 14.0 Å². The van der Waals surface area contributed by atoms with Gasteiger partial charge in [0.15, 0.2) is 6.10 Å². The van der Waals surface area contributed by atoms with Gasteiger partial charge in [0, 0.05) is 19.2 Å². The van der Waals surface area contributed by atoms with Gasteiger partial charge in [0.05, 0.1) is 5.92 Å². The van der Waals surface area contributed by atoms with Crippen LogP contribution < -0.4 is 4.74 Å². The molecule has 120 valence electrons. The zero-order valence-corrected chi connectivity index (χ0v) is 12.7. The second-order valence-electron chi connectivity index (χ2n) is 5.84. The van der Waals surface area contributed by atoms with Crippen molar-refractivity contribution < 1.29 is 23.8 Å². The highest BCUT2D eigenvalue weighted by Gasteiger charge is 2.34. The topological polar surface area (TPSA) is 66.8 Å². The molecule has 0 aromatic heterocycles. The van der Waals surface area contributed by atoms with E-state index in [1.165, 1.54) is 23.1 Å². The van der Waals surface area contributed by atoms with E-state index in [0.717, 1.165) is 0 Å². The van der Waals surface area contributed by atoms with Gasteiger partial charge in [0.25, 0.3) is 5.91 Å². The maximum atomic E-state index is 13.1. The molecule has 1 aliphatic rings. The summed E-state index contributed by atoms with van der Waals surface area (Å²) in [5, 5.41) is 9.15. The molecule has 2 rings (SSSR count). The highest BCUT2D eigenvalue weighted by Crippen LogP contribution is 2.23. The molecule has 3 unspecified atom stereocenters. The first-order valence-electron chi connectivity index (χ1n) is 7.30. The van der Waals surface area contributed by atoms with Crippen molar-refractivity contribution in [3.05, 3.63) is 30.1 Å². The Morgan fingerprint density at radius 3 is 2.77 bits per heavy atom. The molecule has 6 heteroatoms. The van der Waals surface area contributed by atoms with Crippen molar-refractivity contribution in [1.29, 1.82) is 0 Å². The van der Waals surface area contributed by atoms with E-state index >= 15 is 0 Å². The molecule has 1 saturated heterocycles. The molecular formula is C16H20FNO4. The summed E-state index contributed by atoms with van der Waals surface area (Å²) in [6.07, 6.45) is -0.223. The Balaban J connectivity index is 2.01. The molecule has 0 aliphatic carbocycles. The van der Waals surface area contributed by atoms with Crippen molar-refractivity contribution in [2.45, 2.75) is 26.4 Å². The number of piperidine rings is 1. The Bertz CT molecular complexity index is 563. The number of carboxylic acids is 1. The summed E-state index contributed by atoms with van der Waals surface area (Å²) in [7, 11) is 0. The Kier molecular flexibility index (Phi) is 5.00. The van der Waals surface area contributed by atoms with Gasteiger partial charge in [-0.2, -0.15) is 0 Å². The first kappa shape index (κ1) is 16.3. The zero-order chi connectivity index (χ0) is 16.3. The monoisotopic (exact) mass is 309 g/mol. The highest BCUT2D eigenvalue weighted by molar-refractivity contribution is 5.82. The largest absolute Gasteiger partial charge is 0.481 e. The third kappa shape index (κ3) is 3.96. The summed E-state index contributed by atoms with van der Waals surface area (Å²) in [5.74, 6) is -1.74. The summed E-state index contributed by atoms with van der Waals surface area (Å²) in [6, 6.07) is 5.59. The Hall–Kier alpha value is -2.11. The van der Waals surface area contributed by atoms with Gasteiger partial charge < -0.3 is 14.7 Å². The molecule has 1 aromatic carbocycles. The summed E-state index contributed by atoms with van der Waals surface area (Å²) < 4.78 is 18.6. The van der Waals surface area contributed by atoms with Crippen molar-refractivity contribution in [3.8, 4) is 5.75 Å². The number of amides is 1. The molecule has 1 aliphatic heterocycles. The lowest BCUT2D eigenvalue weighted by Gasteiger charge is -2.36. The number of hydrogen-bond donors (Lipinski definition) is 1. The number of likely N-dealkylation sites (tertiary alicyclic amines) is 1. The third-order valence-corrected chi connectivity index (χ3v) is 3.78. The number of benzene rings is 1. The van der Waals surface area contributed by atoms with Gasteiger partial charge in [-0.25, -0.2) is 4.39 Å². The van der Waals surface area contributed by atoms with Crippen LogP contribution in [0, 0.1) is 17.7 Å². The van der Waals surface area contributed by atoms with Crippen LogP contribution in [0.1, 0.15) is 20.3 Å². The lowest BCUT2D eigenvalue weighted by Crippen LogP contribution is -2.49. The number of rotatable bonds is 4. The Labute approximate surface area is 128 Å². The van der Waals surface area contributed by atoms with Gasteiger partial charge in [0.2, 0.25) is 0 Å². The van der Waals surface area contributed by atoms with Crippen LogP contribution in [0.15, 0.2) is 24.3 Å². The van der Waals surface area contributed by atoms with Crippen molar-refractivity contribution in [2.24, 2.45) is 11.8 Å². The fourth-order valence-corrected chi connectivity index (χ4v) is 2.76. The fourth-order valence-electron chi connectivity index (χ4n) is 2.76. The lowest BCUT2D eigenvalue weighted by atomic mass is 9.90. The summed E-state index contributed by atoms with van der Waals surface area (Å²) >= 11 is 0. The number of carbonyl (C=O) groups excluding carboxylic acids is 1. The first-order chi connectivity index (χ1) is 10.4. The molecule has 1 N–H and O–H groups in total. The molecule has 5 nitrogen and oxygen atoms in total. The average Bonchev–Trinajstić information content (AvgIpc) is 2.45. The maximum absolute atomic E-state index is 13.1. The van der Waals surface area contributed by atoms with Crippen LogP contribution in [0.2, 0.25) is 0 Å². The van der Waals surface area contributed by atoms with Crippen molar-refractivity contribution in [2.75, 3.05) is 13.1 Å². The predicted octanol–water partition coefficient (Wildman–Crippen LogP) is 2.16. The van der Waals surface area contributed by atoms with Gasteiger partial charge in [-0.15, -0.1) is 0 Å². The molecule has 0 spiro atoms. The van der Waals surface area contributed by atoms with E-state index in [1.807, 2.05) is 6.92 Å². The Morgan fingerprint density at radius 2 is 2.14 bits per heavy atom. The van der Waals surface area contributed by atoms with Crippen LogP contribution in [-0.2, 0) is 9.59 Å². The van der Waals surface area contributed by atoms with Crippen LogP contribution in [0.5, 0.6) is 5.75 Å². The van der Waals surface area contributed by atoms with Crippen LogP contribution >= 0.6 is 0 Å². The fraction of sp³-hybridized carbons (Fsp3) is 0.500. The number of carboxylic acid groups (broad SMARTS) is 1. The summed E-state index contributed by atoms with van der Waals surface area (Å²) in [6.45, 7) is 4.21. The standard InChI is InChI=1S/C16H20FNO4/c1-10-6-12(16(20)21)9-18(8-10)15(19)11(2)22-14-5-3-4-13(17)7-14/h3-5,7,10-12H,6,8-9H2,1-2H3,(H,20,21). The number of halogens is 1. The molecular weight excluding hydrogens is 289 g/mol. The van der Waals surface area contributed by atoms with Gasteiger partial charge in [-0.3, -0.25) is 9.59 Å². The lowest BCUT2D eigenvalue weighted by molar-refractivity contribution is -0.149. The van der Waals surface area contributed by atoms with Crippen LogP contribution in [0.3, 0.4) is 0 Å². The Morgan fingerprint density at radius 1 is 1.41 bits per heavy atom. The van der Waals surface area contributed by atoms with E-state index in [1.54, 1.807) is 13.0 Å². The SMILES string of the molecule is CC1CC(C(=O)O)CN(C(=O)C(C)Oc2cccc(F)c2)C1. The molecule has 3 atom stereocenters. The molecule has 1 aromatic rings. The molecule has 22 heavy (non-hydrogen) atoms. The third-order valence-electron chi connectivity index (χ3n) is 3.78. The van der Waals surface area contributed by atoms with Gasteiger partial charge in [-0.1, -0.05) is 13.0 Å². The molecule has 0 bridgehead atoms. The quantitative estimate of drug-likeness (QED) is 0.925. The zero-order valence-electron chi connectivity index (χ0n) is 12.7. The number of carbonyl (C=O) groups is 2. The number of hydrogen-bond acceptors (Lipinski definition) is 3. The van der Waals surface area contributed by atoms with Gasteiger partial charge in [0.1, 0.15) is 11.6 Å². The summed E-state index contributed by atoms with van der Waals surface area (Å²) in [5.41, 5.74) is 0. The molecule has 0 radical (unpaired) electrons. The van der Waals surface area contributed by atoms with Gasteiger partial charge >= 0.3 is 5.97 Å². The van der Waals surface area contributed by atoms with Crippen molar-refractivity contribution >= 4 is 11.9 Å². The van der Waals surface area contributed by atoms with Gasteiger partial charge in [-0.05, 0) is 31.4 Å². The molecule has 1 heterocycles. The van der Waals surface area contributed by atoms with E-state index in [-0.39, 0.29) is 24.1 Å². The van der Waals surface area contributed by atoms with Crippen molar-refractivity contribution in [3.63, 3.8) is 0 Å². The van der Waals surface area contributed by atoms with Crippen LogP contribution in [0.4, 0.5) is 4.39 Å². The van der Waals surface area contributed by atoms with Crippen LogP contribution in [-0.4, -0.2) is 41.1 Å². The smallest absolute Gasteiger partial charge is 0.308 e. The minimum absolute atomic E-state index is 0.125. The average molecular weight is 309 g/mol. The second-order valence-corrected chi connectivity index (χ2v) is 5.84. The van der Waals surface area contributed by atoms with E-state index in [4.69, 9.17) is 9.84 Å². The second kappa shape index (κ2) is 6.77. The minimum Gasteiger partial charge on any atom is -0.481 e. The first-order valence-corrected chi connectivity index (χ1v) is 7.30. The molecule has 0 saturated carbocycles. The highest BCUT2D eigenvalue weighted by atomic mass is 19.1. The maximum Gasteiger partial charge on any atom is 0.308 e. The molecule has 1 amide bonds. The van der Waals surface area contributed by atoms with E-state index < -0.39 is 23.8 Å². The number of nitrogens with zero attached hydrogens (tertiary/aromatic N) is 1. The number of ether oxygens (including phenoxy) is 1. The normalized spacial score (nSPS) is 23.0. The number of aliphatic carboxylic acids is 1. The van der Waals surface area contributed by atoms with E-state index in [0.29, 0.717) is 13.0 Å². The van der Waals surface area contributed by atoms with E-state index in [2.05, 4.69) is 0 Å². The summed E-state index contributed by atoms with van der Waals surface area (Å²) in [4.78, 5) is 25.1. The molecule has 1 fully saturated rings.